The Morgan fingerprint density at radius 3 is 2.71 bits per heavy atom. The van der Waals surface area contributed by atoms with Crippen LogP contribution in [0.3, 0.4) is 0 Å². The Kier molecular flexibility index (Phi) is 6.42. The molecule has 3 rings (SSSR count). The second-order valence-corrected chi connectivity index (χ2v) is 7.88. The topological polar surface area (TPSA) is 86.0 Å². The summed E-state index contributed by atoms with van der Waals surface area (Å²) < 4.78 is 0. The van der Waals surface area contributed by atoms with Crippen LogP contribution < -0.4 is 21.5 Å². The summed E-state index contributed by atoms with van der Waals surface area (Å²) in [6, 6.07) is 5.74. The Morgan fingerprint density at radius 2 is 2.04 bits per heavy atom. The lowest BCUT2D eigenvalue weighted by Gasteiger charge is -2.26. The number of hydrogen-bond donors (Lipinski definition) is 4. The number of H-pyrrole nitrogens is 1. The molecule has 1 fully saturated rings. The summed E-state index contributed by atoms with van der Waals surface area (Å²) in [6.45, 7) is 7.72. The Hall–Kier alpha value is -2.31. The number of aromatic nitrogens is 1. The van der Waals surface area contributed by atoms with E-state index < -0.39 is 0 Å². The van der Waals surface area contributed by atoms with E-state index in [1.165, 1.54) is 0 Å². The Morgan fingerprint density at radius 1 is 1.25 bits per heavy atom. The van der Waals surface area contributed by atoms with Crippen molar-refractivity contribution < 1.29 is 4.79 Å². The molecule has 150 valence electrons. The first kappa shape index (κ1) is 20.4. The average molecular weight is 403 g/mol. The number of halogens is 1. The first-order valence-corrected chi connectivity index (χ1v) is 9.98. The van der Waals surface area contributed by atoms with Gasteiger partial charge in [0.25, 0.3) is 11.5 Å². The standard InChI is InChI=1S/C21H27ClN4O2/c1-12-7-13(2)25-21(28)18(12)11-24-20(27)17-8-15(22)9-19(14(17)3)26-16-5-4-6-23-10-16/h7-9,16,23,26H,4-6,10-11H2,1-3H3,(H,24,27)(H,25,28). The van der Waals surface area contributed by atoms with Crippen LogP contribution in [0.5, 0.6) is 0 Å². The van der Waals surface area contributed by atoms with E-state index in [1.54, 1.807) is 6.07 Å². The summed E-state index contributed by atoms with van der Waals surface area (Å²) in [5.74, 6) is -0.246. The van der Waals surface area contributed by atoms with Crippen molar-refractivity contribution in [3.63, 3.8) is 0 Å². The number of amides is 1. The van der Waals surface area contributed by atoms with E-state index in [1.807, 2.05) is 32.9 Å². The molecule has 28 heavy (non-hydrogen) atoms. The normalized spacial score (nSPS) is 16.6. The van der Waals surface area contributed by atoms with Gasteiger partial charge in [-0.15, -0.1) is 0 Å². The number of carbonyl (C=O) groups excluding carboxylic acids is 1. The minimum atomic E-state index is -0.246. The summed E-state index contributed by atoms with van der Waals surface area (Å²) in [5.41, 5.74) is 4.28. The van der Waals surface area contributed by atoms with Crippen LogP contribution in [0, 0.1) is 20.8 Å². The van der Waals surface area contributed by atoms with Gasteiger partial charge in [0.05, 0.1) is 0 Å². The summed E-state index contributed by atoms with van der Waals surface area (Å²) in [6.07, 6.45) is 2.20. The summed E-state index contributed by atoms with van der Waals surface area (Å²) in [5, 5.41) is 10.2. The molecular formula is C21H27ClN4O2. The lowest BCUT2D eigenvalue weighted by molar-refractivity contribution is 0.0950. The van der Waals surface area contributed by atoms with Gasteiger partial charge >= 0.3 is 0 Å². The van der Waals surface area contributed by atoms with E-state index in [0.717, 1.165) is 48.4 Å². The second kappa shape index (κ2) is 8.80. The van der Waals surface area contributed by atoms with Gasteiger partial charge in [0, 0.05) is 46.7 Å². The molecule has 1 unspecified atom stereocenters. The highest BCUT2D eigenvalue weighted by Crippen LogP contribution is 2.26. The minimum absolute atomic E-state index is 0.168. The van der Waals surface area contributed by atoms with Crippen molar-refractivity contribution in [1.29, 1.82) is 0 Å². The monoisotopic (exact) mass is 402 g/mol. The third-order valence-electron chi connectivity index (χ3n) is 5.19. The lowest BCUT2D eigenvalue weighted by Crippen LogP contribution is -2.38. The number of aromatic amines is 1. The third kappa shape index (κ3) is 4.75. The molecule has 1 aromatic carbocycles. The number of rotatable bonds is 5. The zero-order valence-electron chi connectivity index (χ0n) is 16.5. The number of aryl methyl sites for hydroxylation is 2. The molecule has 4 N–H and O–H groups in total. The van der Waals surface area contributed by atoms with Crippen molar-refractivity contribution in [1.82, 2.24) is 15.6 Å². The highest BCUT2D eigenvalue weighted by Gasteiger charge is 2.18. The van der Waals surface area contributed by atoms with Gasteiger partial charge in [-0.05, 0) is 69.5 Å². The zero-order chi connectivity index (χ0) is 20.3. The number of nitrogens with one attached hydrogen (secondary N) is 4. The third-order valence-corrected chi connectivity index (χ3v) is 5.41. The summed E-state index contributed by atoms with van der Waals surface area (Å²) >= 11 is 6.28. The summed E-state index contributed by atoms with van der Waals surface area (Å²) in [7, 11) is 0. The van der Waals surface area contributed by atoms with Gasteiger partial charge in [-0.25, -0.2) is 0 Å². The predicted octanol–water partition coefficient (Wildman–Crippen LogP) is 3.05. The maximum Gasteiger partial charge on any atom is 0.253 e. The molecule has 0 radical (unpaired) electrons. The van der Waals surface area contributed by atoms with Crippen molar-refractivity contribution in [2.24, 2.45) is 0 Å². The van der Waals surface area contributed by atoms with Crippen LogP contribution in [0.1, 0.15) is 45.6 Å². The Labute approximate surface area is 170 Å². The lowest BCUT2D eigenvalue weighted by atomic mass is 10.0. The zero-order valence-corrected chi connectivity index (χ0v) is 17.3. The Bertz CT molecular complexity index is 933. The van der Waals surface area contributed by atoms with E-state index in [0.29, 0.717) is 22.2 Å². The molecule has 7 heteroatoms. The number of hydrogen-bond acceptors (Lipinski definition) is 4. The molecule has 1 amide bonds. The van der Waals surface area contributed by atoms with Crippen molar-refractivity contribution in [3.8, 4) is 0 Å². The predicted molar refractivity (Wildman–Crippen MR) is 113 cm³/mol. The van der Waals surface area contributed by atoms with Gasteiger partial charge < -0.3 is 20.9 Å². The molecule has 6 nitrogen and oxygen atoms in total. The highest BCUT2D eigenvalue weighted by molar-refractivity contribution is 6.31. The molecule has 1 aromatic heterocycles. The molecule has 2 heterocycles. The van der Waals surface area contributed by atoms with E-state index in [9.17, 15) is 9.59 Å². The molecular weight excluding hydrogens is 376 g/mol. The fraction of sp³-hybridized carbons (Fsp3) is 0.429. The second-order valence-electron chi connectivity index (χ2n) is 7.44. The number of benzene rings is 1. The van der Waals surface area contributed by atoms with Gasteiger partial charge in [0.1, 0.15) is 0 Å². The van der Waals surface area contributed by atoms with Gasteiger partial charge in [-0.3, -0.25) is 9.59 Å². The number of carbonyl (C=O) groups is 1. The van der Waals surface area contributed by atoms with E-state index in [2.05, 4.69) is 20.9 Å². The van der Waals surface area contributed by atoms with Gasteiger partial charge in [-0.1, -0.05) is 11.6 Å². The van der Waals surface area contributed by atoms with Gasteiger partial charge in [0.15, 0.2) is 0 Å². The molecule has 0 bridgehead atoms. The SMILES string of the molecule is Cc1cc(C)c(CNC(=O)c2cc(Cl)cc(NC3CCCNC3)c2C)c(=O)[nH]1. The van der Waals surface area contributed by atoms with Crippen molar-refractivity contribution in [3.05, 3.63) is 61.5 Å². The number of pyridine rings is 1. The molecule has 1 saturated heterocycles. The molecule has 0 saturated carbocycles. The van der Waals surface area contributed by atoms with Crippen molar-refractivity contribution in [2.75, 3.05) is 18.4 Å². The first-order chi connectivity index (χ1) is 13.3. The number of anilines is 1. The maximum absolute atomic E-state index is 12.8. The van der Waals surface area contributed by atoms with Crippen LogP contribution in [0.15, 0.2) is 23.0 Å². The maximum atomic E-state index is 12.8. The summed E-state index contributed by atoms with van der Waals surface area (Å²) in [4.78, 5) is 27.7. The van der Waals surface area contributed by atoms with E-state index in [4.69, 9.17) is 11.6 Å². The molecule has 1 atom stereocenters. The fourth-order valence-electron chi connectivity index (χ4n) is 3.62. The van der Waals surface area contributed by atoms with Gasteiger partial charge in [-0.2, -0.15) is 0 Å². The van der Waals surface area contributed by atoms with Crippen LogP contribution in [0.4, 0.5) is 5.69 Å². The average Bonchev–Trinajstić information content (AvgIpc) is 2.64. The van der Waals surface area contributed by atoms with Crippen LogP contribution in [-0.4, -0.2) is 30.0 Å². The molecule has 1 aliphatic heterocycles. The highest BCUT2D eigenvalue weighted by atomic mass is 35.5. The van der Waals surface area contributed by atoms with Crippen molar-refractivity contribution in [2.45, 2.75) is 46.2 Å². The van der Waals surface area contributed by atoms with E-state index in [-0.39, 0.29) is 18.0 Å². The van der Waals surface area contributed by atoms with Crippen LogP contribution in [-0.2, 0) is 6.54 Å². The first-order valence-electron chi connectivity index (χ1n) is 9.60. The van der Waals surface area contributed by atoms with Crippen LogP contribution in [0.2, 0.25) is 5.02 Å². The molecule has 1 aliphatic rings. The largest absolute Gasteiger partial charge is 0.381 e. The fourth-order valence-corrected chi connectivity index (χ4v) is 3.84. The Balaban J connectivity index is 1.77. The van der Waals surface area contributed by atoms with E-state index >= 15 is 0 Å². The molecule has 0 aliphatic carbocycles. The van der Waals surface area contributed by atoms with Gasteiger partial charge in [0.2, 0.25) is 0 Å². The minimum Gasteiger partial charge on any atom is -0.381 e. The molecule has 0 spiro atoms. The number of piperidine rings is 1. The van der Waals surface area contributed by atoms with Crippen molar-refractivity contribution >= 4 is 23.2 Å². The molecule has 2 aromatic rings. The van der Waals surface area contributed by atoms with Crippen LogP contribution >= 0.6 is 11.6 Å². The smallest absolute Gasteiger partial charge is 0.253 e. The van der Waals surface area contributed by atoms with Crippen LogP contribution in [0.25, 0.3) is 0 Å². The quantitative estimate of drug-likeness (QED) is 0.619.